The molecule has 150 valence electrons. The van der Waals surface area contributed by atoms with Crippen molar-refractivity contribution in [2.45, 2.75) is 25.6 Å². The maximum atomic E-state index is 6.41. The summed E-state index contributed by atoms with van der Waals surface area (Å²) < 4.78 is 12.0. The van der Waals surface area contributed by atoms with Gasteiger partial charge in [0.25, 0.3) is 0 Å². The second kappa shape index (κ2) is 7.71. The quantitative estimate of drug-likeness (QED) is 0.511. The van der Waals surface area contributed by atoms with E-state index in [1.807, 2.05) is 18.2 Å². The molecule has 2 heterocycles. The van der Waals surface area contributed by atoms with Crippen molar-refractivity contribution in [2.24, 2.45) is 5.10 Å². The van der Waals surface area contributed by atoms with Crippen LogP contribution in [0.2, 0.25) is 0 Å². The predicted molar refractivity (Wildman–Crippen MR) is 119 cm³/mol. The average molecular weight is 396 g/mol. The van der Waals surface area contributed by atoms with Gasteiger partial charge in [-0.25, -0.2) is 5.01 Å². The van der Waals surface area contributed by atoms with E-state index in [1.54, 1.807) is 6.08 Å². The van der Waals surface area contributed by atoms with Crippen molar-refractivity contribution < 1.29 is 9.47 Å². The second-order valence-electron chi connectivity index (χ2n) is 7.69. The maximum Gasteiger partial charge on any atom is 0.213 e. The highest BCUT2D eigenvalue weighted by atomic mass is 16.5. The molecule has 2 aliphatic rings. The zero-order valence-corrected chi connectivity index (χ0v) is 17.0. The number of nitrogens with zero attached hydrogens (tertiary/aromatic N) is 2. The van der Waals surface area contributed by atoms with Gasteiger partial charge in [0.1, 0.15) is 18.1 Å². The number of fused-ring (bicyclic) bond motifs is 3. The molecule has 0 saturated carbocycles. The van der Waals surface area contributed by atoms with Crippen LogP contribution in [0, 0.1) is 6.92 Å². The van der Waals surface area contributed by atoms with Gasteiger partial charge in [0.2, 0.25) is 6.23 Å². The molecule has 0 amide bonds. The maximum absolute atomic E-state index is 6.41. The van der Waals surface area contributed by atoms with Crippen molar-refractivity contribution >= 4 is 5.71 Å². The van der Waals surface area contributed by atoms with E-state index in [9.17, 15) is 0 Å². The Labute approximate surface area is 177 Å². The number of para-hydroxylation sites is 1. The fourth-order valence-electron chi connectivity index (χ4n) is 4.06. The van der Waals surface area contributed by atoms with Gasteiger partial charge in [-0.15, -0.1) is 0 Å². The Kier molecular flexibility index (Phi) is 4.75. The van der Waals surface area contributed by atoms with E-state index in [0.717, 1.165) is 34.8 Å². The Hall–Kier alpha value is -3.53. The fraction of sp³-hybridized carbons (Fsp3) is 0.192. The summed E-state index contributed by atoms with van der Waals surface area (Å²) in [7, 11) is 0. The molecule has 0 radical (unpaired) electrons. The molecule has 4 heteroatoms. The summed E-state index contributed by atoms with van der Waals surface area (Å²) in [6, 6.07) is 25.1. The number of hydrazone groups is 1. The molecule has 0 saturated heterocycles. The topological polar surface area (TPSA) is 34.1 Å². The van der Waals surface area contributed by atoms with Crippen molar-refractivity contribution in [2.75, 3.05) is 6.61 Å². The summed E-state index contributed by atoms with van der Waals surface area (Å²) in [6.45, 7) is 6.29. The highest BCUT2D eigenvalue weighted by Crippen LogP contribution is 2.47. The summed E-state index contributed by atoms with van der Waals surface area (Å²) >= 11 is 0. The SMILES string of the molecule is C=CCOc1ccc(C2=NN3[C@@H](C2)c2ccccc2O[C@H]3c2ccc(C)cc2)cc1. The summed E-state index contributed by atoms with van der Waals surface area (Å²) in [6.07, 6.45) is 2.35. The van der Waals surface area contributed by atoms with E-state index in [1.165, 1.54) is 11.1 Å². The molecule has 30 heavy (non-hydrogen) atoms. The van der Waals surface area contributed by atoms with Gasteiger partial charge in [-0.05, 0) is 42.8 Å². The number of benzene rings is 3. The molecule has 0 N–H and O–H groups in total. The van der Waals surface area contributed by atoms with Crippen molar-refractivity contribution in [3.8, 4) is 11.5 Å². The van der Waals surface area contributed by atoms with Crippen molar-refractivity contribution in [3.63, 3.8) is 0 Å². The highest BCUT2D eigenvalue weighted by molar-refractivity contribution is 6.02. The van der Waals surface area contributed by atoms with Gasteiger partial charge in [0.15, 0.2) is 0 Å². The number of ether oxygens (including phenoxy) is 2. The Balaban J connectivity index is 1.49. The molecule has 4 nitrogen and oxygen atoms in total. The summed E-state index contributed by atoms with van der Waals surface area (Å²) in [5, 5.41) is 7.13. The van der Waals surface area contributed by atoms with Crippen LogP contribution in [0.3, 0.4) is 0 Å². The van der Waals surface area contributed by atoms with Gasteiger partial charge >= 0.3 is 0 Å². The van der Waals surface area contributed by atoms with Crippen molar-refractivity contribution in [1.29, 1.82) is 0 Å². The van der Waals surface area contributed by atoms with Gasteiger partial charge in [0.05, 0.1) is 11.8 Å². The van der Waals surface area contributed by atoms with E-state index < -0.39 is 0 Å². The molecule has 2 atom stereocenters. The first-order valence-electron chi connectivity index (χ1n) is 10.2. The van der Waals surface area contributed by atoms with Gasteiger partial charge in [-0.2, -0.15) is 5.10 Å². The van der Waals surface area contributed by atoms with E-state index in [0.29, 0.717) is 6.61 Å². The molecule has 0 aliphatic carbocycles. The molecule has 2 aliphatic heterocycles. The fourth-order valence-corrected chi connectivity index (χ4v) is 4.06. The first kappa shape index (κ1) is 18.5. The zero-order valence-electron chi connectivity index (χ0n) is 17.0. The Morgan fingerprint density at radius 1 is 1.07 bits per heavy atom. The number of hydrogen-bond donors (Lipinski definition) is 0. The Morgan fingerprint density at radius 2 is 1.83 bits per heavy atom. The average Bonchev–Trinajstić information content (AvgIpc) is 3.24. The lowest BCUT2D eigenvalue weighted by Crippen LogP contribution is -2.33. The molecule has 3 aromatic rings. The largest absolute Gasteiger partial charge is 0.490 e. The number of aryl methyl sites for hydroxylation is 1. The van der Waals surface area contributed by atoms with E-state index >= 15 is 0 Å². The van der Waals surface area contributed by atoms with Crippen LogP contribution in [0.25, 0.3) is 0 Å². The first-order chi connectivity index (χ1) is 14.7. The van der Waals surface area contributed by atoms with Gasteiger partial charge in [-0.3, -0.25) is 0 Å². The summed E-state index contributed by atoms with van der Waals surface area (Å²) in [4.78, 5) is 0. The van der Waals surface area contributed by atoms with Crippen molar-refractivity contribution in [1.82, 2.24) is 5.01 Å². The van der Waals surface area contributed by atoms with E-state index in [-0.39, 0.29) is 12.3 Å². The van der Waals surface area contributed by atoms with Gasteiger partial charge in [0, 0.05) is 17.5 Å². The summed E-state index contributed by atoms with van der Waals surface area (Å²) in [5.41, 5.74) is 5.70. The van der Waals surface area contributed by atoms with E-state index in [2.05, 4.69) is 73.1 Å². The summed E-state index contributed by atoms with van der Waals surface area (Å²) in [5.74, 6) is 1.77. The minimum absolute atomic E-state index is 0.160. The molecule has 0 fully saturated rings. The lowest BCUT2D eigenvalue weighted by molar-refractivity contribution is -0.0190. The van der Waals surface area contributed by atoms with Crippen LogP contribution in [0.15, 0.2) is 90.6 Å². The third kappa shape index (κ3) is 3.35. The Morgan fingerprint density at radius 3 is 2.60 bits per heavy atom. The van der Waals surface area contributed by atoms with Crippen LogP contribution in [0.1, 0.15) is 40.9 Å². The predicted octanol–water partition coefficient (Wildman–Crippen LogP) is 5.80. The van der Waals surface area contributed by atoms with Crippen LogP contribution in [-0.4, -0.2) is 17.3 Å². The minimum Gasteiger partial charge on any atom is -0.490 e. The molecule has 3 aromatic carbocycles. The Bertz CT molecular complexity index is 1090. The molecular formula is C26H24N2O2. The van der Waals surface area contributed by atoms with E-state index in [4.69, 9.17) is 14.6 Å². The monoisotopic (exact) mass is 396 g/mol. The third-order valence-electron chi connectivity index (χ3n) is 5.62. The molecule has 0 aromatic heterocycles. The van der Waals surface area contributed by atoms with Gasteiger partial charge < -0.3 is 9.47 Å². The van der Waals surface area contributed by atoms with Crippen LogP contribution < -0.4 is 9.47 Å². The number of hydrogen-bond acceptors (Lipinski definition) is 4. The van der Waals surface area contributed by atoms with Crippen LogP contribution in [-0.2, 0) is 0 Å². The highest BCUT2D eigenvalue weighted by Gasteiger charge is 2.40. The van der Waals surface area contributed by atoms with Gasteiger partial charge in [-0.1, -0.05) is 60.7 Å². The standard InChI is InChI=1S/C26H24N2O2/c1-3-16-29-21-14-12-19(13-15-21)23-17-24-22-6-4-5-7-25(22)30-26(28(24)27-23)20-10-8-18(2)9-11-20/h3-15,24,26H,1,16-17H2,2H3/t24-,26-/m0/s1. The molecular weight excluding hydrogens is 372 g/mol. The second-order valence-corrected chi connectivity index (χ2v) is 7.69. The van der Waals surface area contributed by atoms with Crippen LogP contribution >= 0.6 is 0 Å². The lowest BCUT2D eigenvalue weighted by atomic mass is 9.96. The number of rotatable bonds is 5. The smallest absolute Gasteiger partial charge is 0.213 e. The van der Waals surface area contributed by atoms with Crippen molar-refractivity contribution in [3.05, 3.63) is 108 Å². The molecule has 0 spiro atoms. The third-order valence-corrected chi connectivity index (χ3v) is 5.62. The lowest BCUT2D eigenvalue weighted by Gasteiger charge is -2.38. The minimum atomic E-state index is -0.238. The molecule has 0 unspecified atom stereocenters. The zero-order chi connectivity index (χ0) is 20.5. The molecule has 5 rings (SSSR count). The van der Waals surface area contributed by atoms with Crippen LogP contribution in [0.5, 0.6) is 11.5 Å². The molecule has 0 bridgehead atoms. The van der Waals surface area contributed by atoms with Crippen LogP contribution in [0.4, 0.5) is 0 Å². The first-order valence-corrected chi connectivity index (χ1v) is 10.2. The normalized spacial score (nSPS) is 19.4.